The first-order valence-electron chi connectivity index (χ1n) is 16.8. The van der Waals surface area contributed by atoms with E-state index in [1.54, 1.807) is 0 Å². The highest BCUT2D eigenvalue weighted by Gasteiger charge is 2.16. The predicted molar refractivity (Wildman–Crippen MR) is 74.7 cm³/mol. The lowest BCUT2D eigenvalue weighted by molar-refractivity contribution is -0.894. The Balaban J connectivity index is 0. The fraction of sp³-hybridized carbons (Fsp3) is 1.00. The van der Waals surface area contributed by atoms with Gasteiger partial charge in [0.25, 0.3) is 0 Å². The van der Waals surface area contributed by atoms with Crippen LogP contribution in [-0.4, -0.2) is 31.6 Å². The van der Waals surface area contributed by atoms with Crippen LogP contribution in [0.15, 0.2) is 0 Å². The van der Waals surface area contributed by atoms with E-state index >= 15 is 0 Å². The van der Waals surface area contributed by atoms with Gasteiger partial charge in [-0.15, -0.1) is 0 Å². The molecule has 0 heterocycles. The standard InChI is InChI=1S/C15H34N.BrH/c1-6-7-8-9-10-11-12-13-14-15(2)16(3,4)5;/h15H,6-14H2,1-5H3;1H/q+1;/p-1/i1D3,2D3,6D2,7D2,8D2,9D2,10D2,11D2,12D2,13D2,14D2,15D;. The summed E-state index contributed by atoms with van der Waals surface area (Å²) < 4.78 is 197. The van der Waals surface area contributed by atoms with Crippen LogP contribution in [-0.2, 0) is 0 Å². The minimum Gasteiger partial charge on any atom is -1.00 e. The summed E-state index contributed by atoms with van der Waals surface area (Å²) >= 11 is 0. The van der Waals surface area contributed by atoms with Gasteiger partial charge >= 0.3 is 0 Å². The van der Waals surface area contributed by atoms with E-state index < -0.39 is 81.6 Å². The van der Waals surface area contributed by atoms with Crippen LogP contribution >= 0.6 is 0 Å². The molecule has 0 aromatic heterocycles. The van der Waals surface area contributed by atoms with Crippen molar-refractivity contribution in [3.63, 3.8) is 0 Å². The van der Waals surface area contributed by atoms with Crippen molar-refractivity contribution in [1.29, 1.82) is 0 Å². The molecule has 106 valence electrons. The van der Waals surface area contributed by atoms with Crippen molar-refractivity contribution in [1.82, 2.24) is 0 Å². The largest absolute Gasteiger partial charge is 1.00 e. The van der Waals surface area contributed by atoms with Gasteiger partial charge in [-0.1, -0.05) is 51.5 Å². The molecule has 0 aliphatic heterocycles. The fourth-order valence-corrected chi connectivity index (χ4v) is 0.446. The molecule has 0 rings (SSSR count). The molecular formula is C15H34BrN. The number of rotatable bonds is 10. The highest BCUT2D eigenvalue weighted by Crippen LogP contribution is 2.14. The van der Waals surface area contributed by atoms with E-state index in [1.807, 2.05) is 0 Å². The summed E-state index contributed by atoms with van der Waals surface area (Å²) in [4.78, 5) is 0. The van der Waals surface area contributed by atoms with Gasteiger partial charge in [0.15, 0.2) is 0 Å². The molecule has 0 fully saturated rings. The van der Waals surface area contributed by atoms with Crippen molar-refractivity contribution < 1.29 is 55.7 Å². The minimum absolute atomic E-state index is 0. The van der Waals surface area contributed by atoms with Crippen LogP contribution in [0.4, 0.5) is 0 Å². The molecule has 1 unspecified atom stereocenters. The second kappa shape index (κ2) is 11.5. The van der Waals surface area contributed by atoms with Gasteiger partial charge in [-0.3, -0.25) is 0 Å². The molecule has 0 spiro atoms. The first-order chi connectivity index (χ1) is 17.0. The summed E-state index contributed by atoms with van der Waals surface area (Å²) in [6.07, 6.45) is -41.1. The zero-order valence-corrected chi connectivity index (χ0v) is 11.4. The minimum atomic E-state index is -4.77. The Morgan fingerprint density at radius 2 is 1.53 bits per heavy atom. The first-order valence-corrected chi connectivity index (χ1v) is 4.32. The lowest BCUT2D eigenvalue weighted by atomic mass is 10.0. The van der Waals surface area contributed by atoms with E-state index in [9.17, 15) is 0 Å². The molecule has 0 amide bonds. The van der Waals surface area contributed by atoms with E-state index in [-0.39, 0.29) is 17.0 Å². The van der Waals surface area contributed by atoms with Crippen LogP contribution in [0.5, 0.6) is 0 Å². The molecule has 1 nitrogen and oxygen atoms in total. The van der Waals surface area contributed by atoms with Crippen molar-refractivity contribution in [2.75, 3.05) is 21.1 Å². The van der Waals surface area contributed by atoms with Crippen molar-refractivity contribution in [3.05, 3.63) is 0 Å². The van der Waals surface area contributed by atoms with E-state index in [1.165, 1.54) is 0 Å². The van der Waals surface area contributed by atoms with Crippen molar-refractivity contribution >= 4 is 0 Å². The van der Waals surface area contributed by atoms with Crippen LogP contribution in [0.25, 0.3) is 0 Å². The lowest BCUT2D eigenvalue weighted by Crippen LogP contribution is -3.00. The van der Waals surface area contributed by atoms with E-state index in [0.29, 0.717) is 0 Å². The van der Waals surface area contributed by atoms with Gasteiger partial charge in [0.1, 0.15) is 0 Å². The first kappa shape index (κ1) is 2.88. The summed E-state index contributed by atoms with van der Waals surface area (Å²) in [7, 11) is 2.81. The third kappa shape index (κ3) is 12.7. The van der Waals surface area contributed by atoms with E-state index in [2.05, 4.69) is 0 Å². The number of halogens is 1. The predicted octanol–water partition coefficient (Wildman–Crippen LogP) is 1.62. The summed E-state index contributed by atoms with van der Waals surface area (Å²) in [5, 5.41) is 0. The highest BCUT2D eigenvalue weighted by molar-refractivity contribution is 4.52. The quantitative estimate of drug-likeness (QED) is 0.533. The third-order valence-corrected chi connectivity index (χ3v) is 1.29. The lowest BCUT2D eigenvalue weighted by Gasteiger charge is -2.31. The molecule has 0 aromatic carbocycles. The Bertz CT molecular complexity index is 952. The monoisotopic (exact) mass is 332 g/mol. The molecular weight excluding hydrogens is 274 g/mol. The average Bonchev–Trinajstić information content (AvgIpc) is 2.69. The smallest absolute Gasteiger partial charge is 0.0958 e. The van der Waals surface area contributed by atoms with E-state index in [0.717, 1.165) is 21.1 Å². The number of hydrogen-bond acceptors (Lipinski definition) is 0. The average molecular weight is 334 g/mol. The third-order valence-electron chi connectivity index (χ3n) is 1.29. The number of hydrogen-bond donors (Lipinski definition) is 0. The summed E-state index contributed by atoms with van der Waals surface area (Å²) in [5.74, 6) is 0. The van der Waals surface area contributed by atoms with Gasteiger partial charge in [-0.2, -0.15) is 0 Å². The van der Waals surface area contributed by atoms with Crippen LogP contribution in [0.3, 0.4) is 0 Å². The van der Waals surface area contributed by atoms with Gasteiger partial charge in [0, 0.05) is 32.9 Å². The molecule has 0 aromatic rings. The zero-order valence-electron chi connectivity index (χ0n) is 34.8. The summed E-state index contributed by atoms with van der Waals surface area (Å²) in [6, 6.07) is -3.64. The molecule has 1 atom stereocenters. The Kier molecular flexibility index (Phi) is 1.95. The Hall–Kier alpha value is 0.440. The normalized spacial score (nSPS) is 45.9. The molecule has 17 heavy (non-hydrogen) atoms. The Labute approximate surface area is 155 Å². The Morgan fingerprint density at radius 3 is 2.00 bits per heavy atom. The van der Waals surface area contributed by atoms with Gasteiger partial charge in [-0.25, -0.2) is 0 Å². The maximum atomic E-state index is 8.49. The molecule has 0 N–H and O–H groups in total. The summed E-state index contributed by atoms with van der Waals surface area (Å²) in [6.45, 7) is -7.72. The van der Waals surface area contributed by atoms with E-state index in [4.69, 9.17) is 34.3 Å². The maximum Gasteiger partial charge on any atom is 0.0958 e. The van der Waals surface area contributed by atoms with Crippen LogP contribution < -0.4 is 17.0 Å². The molecule has 0 aliphatic carbocycles. The van der Waals surface area contributed by atoms with Crippen LogP contribution in [0, 0.1) is 0 Å². The molecule has 2 heteroatoms. The fourth-order valence-electron chi connectivity index (χ4n) is 0.446. The van der Waals surface area contributed by atoms with Gasteiger partial charge in [0.2, 0.25) is 0 Å². The zero-order chi connectivity index (χ0) is 34.5. The highest BCUT2D eigenvalue weighted by atomic mass is 79.9. The SMILES string of the molecule is [2H]C([2H])([2H])C([2H])([2H])C([2H])([2H])C([2H])([2H])C([2H])([2H])C([2H])([2H])C([2H])([2H])C([2H])([2H])C([2H])([2H])C([2H])([2H])C([2H])(C([2H])([2H])[2H])[N+](C)(C)C.[Br-]. The van der Waals surface area contributed by atoms with Gasteiger partial charge in [0.05, 0.1) is 28.5 Å². The molecule has 0 bridgehead atoms. The molecule has 0 saturated carbocycles. The maximum absolute atomic E-state index is 8.49. The van der Waals surface area contributed by atoms with Crippen molar-refractivity contribution in [3.8, 4) is 0 Å². The second-order valence-corrected chi connectivity index (χ2v) is 3.49. The van der Waals surface area contributed by atoms with Gasteiger partial charge in [-0.05, 0) is 19.6 Å². The molecule has 0 saturated heterocycles. The van der Waals surface area contributed by atoms with Crippen molar-refractivity contribution in [2.24, 2.45) is 0 Å². The Morgan fingerprint density at radius 1 is 1.00 bits per heavy atom. The van der Waals surface area contributed by atoms with Crippen LogP contribution in [0.1, 0.15) is 105 Å². The molecule has 0 aliphatic rings. The topological polar surface area (TPSA) is 0 Å². The van der Waals surface area contributed by atoms with Crippen molar-refractivity contribution in [2.45, 2.75) is 77.1 Å². The van der Waals surface area contributed by atoms with Crippen LogP contribution in [0.2, 0.25) is 0 Å². The summed E-state index contributed by atoms with van der Waals surface area (Å²) in [5.41, 5.74) is 0. The van der Waals surface area contributed by atoms with Gasteiger partial charge < -0.3 is 21.5 Å². The number of quaternary nitrogens is 1. The molecule has 0 radical (unpaired) electrons. The second-order valence-electron chi connectivity index (χ2n) is 3.49. The number of nitrogens with zero attached hydrogens (tertiary/aromatic N) is 1.